The molecular weight excluding hydrogens is 410 g/mol. The largest absolute Gasteiger partial charge is 0.352 e. The van der Waals surface area contributed by atoms with E-state index in [-0.39, 0.29) is 11.8 Å². The molecule has 8 heteroatoms. The van der Waals surface area contributed by atoms with Gasteiger partial charge in [0.25, 0.3) is 0 Å². The average Bonchev–Trinajstić information content (AvgIpc) is 3.07. The molecule has 0 amide bonds. The number of aliphatic imine (C=N–C) groups is 1. The molecule has 0 radical (unpaired) electrons. The van der Waals surface area contributed by atoms with Crippen molar-refractivity contribution in [3.63, 3.8) is 0 Å². The van der Waals surface area contributed by atoms with Crippen molar-refractivity contribution in [3.8, 4) is 0 Å². The molecule has 0 bridgehead atoms. The highest BCUT2D eigenvalue weighted by molar-refractivity contribution is 7.91. The first kappa shape index (κ1) is 24.9. The zero-order valence-electron chi connectivity index (χ0n) is 20.1. The van der Waals surface area contributed by atoms with Crippen LogP contribution in [-0.2, 0) is 23.4 Å². The van der Waals surface area contributed by atoms with Crippen molar-refractivity contribution in [2.24, 2.45) is 12.0 Å². The first-order valence-corrected chi connectivity index (χ1v) is 12.4. The van der Waals surface area contributed by atoms with Crippen LogP contribution in [0.25, 0.3) is 0 Å². The molecule has 1 N–H and O–H groups in total. The van der Waals surface area contributed by atoms with Crippen molar-refractivity contribution in [1.82, 2.24) is 20.0 Å². The molecule has 2 aromatic rings. The van der Waals surface area contributed by atoms with Crippen LogP contribution in [0.5, 0.6) is 0 Å². The molecule has 7 nitrogen and oxygen atoms in total. The second kappa shape index (κ2) is 10.3. The molecule has 0 spiro atoms. The van der Waals surface area contributed by atoms with E-state index in [0.29, 0.717) is 29.7 Å². The van der Waals surface area contributed by atoms with Gasteiger partial charge in [-0.3, -0.25) is 9.67 Å². The zero-order valence-corrected chi connectivity index (χ0v) is 20.9. The molecule has 1 aromatic heterocycles. The Hall–Kier alpha value is -2.35. The van der Waals surface area contributed by atoms with Gasteiger partial charge >= 0.3 is 0 Å². The molecule has 0 saturated heterocycles. The van der Waals surface area contributed by atoms with E-state index in [1.807, 2.05) is 56.7 Å². The van der Waals surface area contributed by atoms with Crippen LogP contribution < -0.4 is 5.32 Å². The standard InChI is InChI=1S/C23H37N5O2S/c1-9-20(15-31(29,30)21-11-10-17(4)18(5)12-21)25-23(24-6)27(7)13-19-14-28(8)26-22(19)16(2)3/h10-12,14,16,20H,9,13,15H2,1-8H3,(H,24,25). The smallest absolute Gasteiger partial charge is 0.193 e. The molecule has 0 aliphatic rings. The molecule has 2 rings (SSSR count). The molecule has 31 heavy (non-hydrogen) atoms. The number of nitrogens with one attached hydrogen (secondary N) is 1. The molecule has 1 aromatic carbocycles. The number of rotatable bonds is 8. The number of guanidine groups is 1. The number of hydrogen-bond donors (Lipinski definition) is 1. The lowest BCUT2D eigenvalue weighted by atomic mass is 10.1. The van der Waals surface area contributed by atoms with E-state index < -0.39 is 9.84 Å². The van der Waals surface area contributed by atoms with Crippen molar-refractivity contribution >= 4 is 15.8 Å². The van der Waals surface area contributed by atoms with Gasteiger partial charge in [-0.25, -0.2) is 8.42 Å². The Balaban J connectivity index is 2.14. The summed E-state index contributed by atoms with van der Waals surface area (Å²) in [5.74, 6) is 1.01. The summed E-state index contributed by atoms with van der Waals surface area (Å²) in [5.41, 5.74) is 4.27. The molecule has 0 aliphatic carbocycles. The van der Waals surface area contributed by atoms with Gasteiger partial charge < -0.3 is 10.2 Å². The average molecular weight is 448 g/mol. The van der Waals surface area contributed by atoms with Gasteiger partial charge in [-0.15, -0.1) is 0 Å². The molecule has 0 aliphatic heterocycles. The minimum Gasteiger partial charge on any atom is -0.352 e. The number of nitrogens with zero attached hydrogens (tertiary/aromatic N) is 4. The fourth-order valence-corrected chi connectivity index (χ4v) is 5.22. The van der Waals surface area contributed by atoms with Crippen LogP contribution in [0.1, 0.15) is 55.5 Å². The summed E-state index contributed by atoms with van der Waals surface area (Å²) in [5, 5.41) is 7.92. The lowest BCUT2D eigenvalue weighted by molar-refractivity contribution is 0.457. The highest BCUT2D eigenvalue weighted by atomic mass is 32.2. The second-order valence-corrected chi connectivity index (χ2v) is 10.6. The lowest BCUT2D eigenvalue weighted by Crippen LogP contribution is -2.46. The number of hydrogen-bond acceptors (Lipinski definition) is 4. The van der Waals surface area contributed by atoms with Gasteiger partial charge in [0.1, 0.15) is 0 Å². The third-order valence-electron chi connectivity index (χ3n) is 5.55. The third-order valence-corrected chi connectivity index (χ3v) is 7.36. The van der Waals surface area contributed by atoms with Crippen molar-refractivity contribution in [2.75, 3.05) is 19.8 Å². The van der Waals surface area contributed by atoms with E-state index in [4.69, 9.17) is 0 Å². The maximum Gasteiger partial charge on any atom is 0.193 e. The summed E-state index contributed by atoms with van der Waals surface area (Å²) in [6, 6.07) is 5.07. The van der Waals surface area contributed by atoms with Gasteiger partial charge in [-0.2, -0.15) is 5.10 Å². The van der Waals surface area contributed by atoms with Crippen molar-refractivity contribution in [2.45, 2.75) is 64.4 Å². The molecule has 0 fully saturated rings. The minimum absolute atomic E-state index is 0.0169. The topological polar surface area (TPSA) is 79.6 Å². The van der Waals surface area contributed by atoms with Gasteiger partial charge in [-0.05, 0) is 49.4 Å². The van der Waals surface area contributed by atoms with E-state index in [1.165, 1.54) is 0 Å². The van der Waals surface area contributed by atoms with Crippen LogP contribution in [0.2, 0.25) is 0 Å². The SMILES string of the molecule is CCC(CS(=O)(=O)c1ccc(C)c(C)c1)NC(=NC)N(C)Cc1cn(C)nc1C(C)C. The maximum absolute atomic E-state index is 13.0. The minimum atomic E-state index is -3.41. The van der Waals surface area contributed by atoms with Gasteiger partial charge in [0.05, 0.1) is 16.3 Å². The summed E-state index contributed by atoms with van der Waals surface area (Å²) < 4.78 is 27.9. The molecule has 172 valence electrons. The third kappa shape index (κ3) is 6.32. The molecule has 0 saturated carbocycles. The van der Waals surface area contributed by atoms with E-state index in [2.05, 4.69) is 29.3 Å². The first-order valence-electron chi connectivity index (χ1n) is 10.7. The number of aryl methyl sites for hydroxylation is 3. The molecule has 1 atom stereocenters. The van der Waals surface area contributed by atoms with Gasteiger partial charge in [0.15, 0.2) is 15.8 Å². The summed E-state index contributed by atoms with van der Waals surface area (Å²) >= 11 is 0. The fraction of sp³-hybridized carbons (Fsp3) is 0.565. The number of sulfone groups is 1. The Morgan fingerprint density at radius 1 is 1.26 bits per heavy atom. The van der Waals surface area contributed by atoms with E-state index in [1.54, 1.807) is 19.2 Å². The molecule has 1 heterocycles. The zero-order chi connectivity index (χ0) is 23.3. The van der Waals surface area contributed by atoms with E-state index in [9.17, 15) is 8.42 Å². The lowest BCUT2D eigenvalue weighted by Gasteiger charge is -2.26. The second-order valence-electron chi connectivity index (χ2n) is 8.55. The van der Waals surface area contributed by atoms with Crippen LogP contribution in [0, 0.1) is 13.8 Å². The highest BCUT2D eigenvalue weighted by Gasteiger charge is 2.23. The number of benzene rings is 1. The first-order chi connectivity index (χ1) is 14.5. The quantitative estimate of drug-likeness (QED) is 0.495. The Bertz CT molecular complexity index is 1020. The maximum atomic E-state index is 13.0. The van der Waals surface area contributed by atoms with Crippen molar-refractivity contribution in [3.05, 3.63) is 46.8 Å². The Kier molecular flexibility index (Phi) is 8.28. The van der Waals surface area contributed by atoms with Crippen molar-refractivity contribution in [1.29, 1.82) is 0 Å². The normalized spacial score (nSPS) is 13.5. The monoisotopic (exact) mass is 447 g/mol. The van der Waals surface area contributed by atoms with Gasteiger partial charge in [-0.1, -0.05) is 26.8 Å². The predicted octanol–water partition coefficient (Wildman–Crippen LogP) is 3.42. The van der Waals surface area contributed by atoms with E-state index in [0.717, 1.165) is 22.4 Å². The fourth-order valence-electron chi connectivity index (χ4n) is 3.55. The van der Waals surface area contributed by atoms with Crippen LogP contribution in [0.3, 0.4) is 0 Å². The summed E-state index contributed by atoms with van der Waals surface area (Å²) in [6.45, 7) is 10.8. The highest BCUT2D eigenvalue weighted by Crippen LogP contribution is 2.19. The summed E-state index contributed by atoms with van der Waals surface area (Å²) in [4.78, 5) is 6.77. The molecular formula is C23H37N5O2S. The molecule has 1 unspecified atom stereocenters. The van der Waals surface area contributed by atoms with Crippen LogP contribution in [0.4, 0.5) is 0 Å². The van der Waals surface area contributed by atoms with Gasteiger partial charge in [0, 0.05) is 45.5 Å². The number of aromatic nitrogens is 2. The van der Waals surface area contributed by atoms with Crippen LogP contribution in [-0.4, -0.2) is 54.9 Å². The summed E-state index contributed by atoms with van der Waals surface area (Å²) in [6.07, 6.45) is 2.70. The van der Waals surface area contributed by atoms with Crippen LogP contribution in [0.15, 0.2) is 34.3 Å². The Morgan fingerprint density at radius 2 is 1.94 bits per heavy atom. The van der Waals surface area contributed by atoms with E-state index >= 15 is 0 Å². The Labute approximate surface area is 187 Å². The van der Waals surface area contributed by atoms with Gasteiger partial charge in [0.2, 0.25) is 0 Å². The predicted molar refractivity (Wildman–Crippen MR) is 127 cm³/mol. The van der Waals surface area contributed by atoms with Crippen LogP contribution >= 0.6 is 0 Å². The summed E-state index contributed by atoms with van der Waals surface area (Å²) in [7, 11) is 2.18. The van der Waals surface area contributed by atoms with Crippen molar-refractivity contribution < 1.29 is 8.42 Å². The Morgan fingerprint density at radius 3 is 2.48 bits per heavy atom.